The van der Waals surface area contributed by atoms with Gasteiger partial charge in [0.15, 0.2) is 11.6 Å². The Morgan fingerprint density at radius 2 is 2.08 bits per heavy atom. The third kappa shape index (κ3) is 1.54. The molecule has 0 saturated carbocycles. The Balaban J connectivity index is 3.47. The fourth-order valence-corrected chi connectivity index (χ4v) is 1.24. The first kappa shape index (κ1) is 9.71. The van der Waals surface area contributed by atoms with E-state index in [9.17, 15) is 9.18 Å². The number of rotatable bonds is 2. The van der Waals surface area contributed by atoms with Crippen molar-refractivity contribution in [2.24, 2.45) is 0 Å². The zero-order chi connectivity index (χ0) is 10.0. The Labute approximate surface area is 76.3 Å². The van der Waals surface area contributed by atoms with Gasteiger partial charge in [-0.25, -0.2) is 4.39 Å². The Kier molecular flexibility index (Phi) is 2.66. The molecule has 1 aromatic carbocycles. The average Bonchev–Trinajstić information content (AvgIpc) is 2.12. The van der Waals surface area contributed by atoms with Gasteiger partial charge in [-0.15, -0.1) is 0 Å². The normalized spacial score (nSPS) is 9.85. The van der Waals surface area contributed by atoms with E-state index in [0.29, 0.717) is 23.0 Å². The highest BCUT2D eigenvalue weighted by atomic mass is 19.1. The number of hydrogen-bond donors (Lipinski definition) is 0. The highest BCUT2D eigenvalue weighted by molar-refractivity contribution is 5.79. The zero-order valence-electron chi connectivity index (χ0n) is 7.85. The second-order valence-corrected chi connectivity index (χ2v) is 2.87. The van der Waals surface area contributed by atoms with Crippen LogP contribution in [0.5, 0.6) is 5.75 Å². The molecule has 0 saturated heterocycles. The van der Waals surface area contributed by atoms with Gasteiger partial charge in [0.2, 0.25) is 0 Å². The van der Waals surface area contributed by atoms with E-state index in [4.69, 9.17) is 4.74 Å². The van der Waals surface area contributed by atoms with E-state index in [1.165, 1.54) is 13.2 Å². The SMILES string of the molecule is COc1c(C)c(C=O)cc(C)c1F. The van der Waals surface area contributed by atoms with Gasteiger partial charge in [-0.1, -0.05) is 0 Å². The molecule has 0 unspecified atom stereocenters. The van der Waals surface area contributed by atoms with Crippen molar-refractivity contribution in [2.45, 2.75) is 13.8 Å². The number of halogens is 1. The summed E-state index contributed by atoms with van der Waals surface area (Å²) in [5, 5.41) is 0. The van der Waals surface area contributed by atoms with Crippen LogP contribution in [0.2, 0.25) is 0 Å². The Hall–Kier alpha value is -1.38. The minimum atomic E-state index is -0.398. The molecular weight excluding hydrogens is 171 g/mol. The van der Waals surface area contributed by atoms with Gasteiger partial charge in [-0.2, -0.15) is 0 Å². The number of ether oxygens (including phenoxy) is 1. The maximum absolute atomic E-state index is 13.3. The van der Waals surface area contributed by atoms with Gasteiger partial charge in [0.25, 0.3) is 0 Å². The number of carbonyl (C=O) groups excluding carboxylic acids is 1. The molecule has 0 bridgehead atoms. The van der Waals surface area contributed by atoms with E-state index < -0.39 is 5.82 Å². The van der Waals surface area contributed by atoms with Crippen LogP contribution >= 0.6 is 0 Å². The van der Waals surface area contributed by atoms with E-state index in [-0.39, 0.29) is 5.75 Å². The fourth-order valence-electron chi connectivity index (χ4n) is 1.24. The molecule has 0 heterocycles. The maximum Gasteiger partial charge on any atom is 0.168 e. The predicted molar refractivity (Wildman–Crippen MR) is 47.8 cm³/mol. The quantitative estimate of drug-likeness (QED) is 0.656. The standard InChI is InChI=1S/C10H11FO2/c1-6-4-8(5-12)7(2)10(13-3)9(6)11/h4-5H,1-3H3. The molecule has 0 N–H and O–H groups in total. The molecule has 0 aliphatic rings. The molecule has 0 aliphatic carbocycles. The van der Waals surface area contributed by atoms with Crippen molar-refractivity contribution in [3.8, 4) is 5.75 Å². The van der Waals surface area contributed by atoms with E-state index in [0.717, 1.165) is 0 Å². The van der Waals surface area contributed by atoms with Crippen molar-refractivity contribution in [1.29, 1.82) is 0 Å². The third-order valence-corrected chi connectivity index (χ3v) is 2.02. The van der Waals surface area contributed by atoms with Crippen LogP contribution in [-0.4, -0.2) is 13.4 Å². The van der Waals surface area contributed by atoms with Crippen LogP contribution in [0.25, 0.3) is 0 Å². The lowest BCUT2D eigenvalue weighted by molar-refractivity contribution is 0.112. The Morgan fingerprint density at radius 1 is 1.46 bits per heavy atom. The van der Waals surface area contributed by atoms with Gasteiger partial charge in [0.1, 0.15) is 6.29 Å². The highest BCUT2D eigenvalue weighted by Gasteiger charge is 2.12. The first-order valence-corrected chi connectivity index (χ1v) is 3.90. The monoisotopic (exact) mass is 182 g/mol. The summed E-state index contributed by atoms with van der Waals surface area (Å²) in [6, 6.07) is 1.51. The lowest BCUT2D eigenvalue weighted by Gasteiger charge is -2.09. The molecular formula is C10H11FO2. The number of aryl methyl sites for hydroxylation is 1. The average molecular weight is 182 g/mol. The summed E-state index contributed by atoms with van der Waals surface area (Å²) < 4.78 is 18.2. The first-order chi connectivity index (χ1) is 6.11. The predicted octanol–water partition coefficient (Wildman–Crippen LogP) is 2.26. The molecule has 2 nitrogen and oxygen atoms in total. The Morgan fingerprint density at radius 3 is 2.54 bits per heavy atom. The summed E-state index contributed by atoms with van der Waals surface area (Å²) in [6.45, 7) is 3.26. The summed E-state index contributed by atoms with van der Waals surface area (Å²) in [5.74, 6) is -0.243. The van der Waals surface area contributed by atoms with Crippen LogP contribution in [0.15, 0.2) is 6.07 Å². The zero-order valence-corrected chi connectivity index (χ0v) is 7.85. The highest BCUT2D eigenvalue weighted by Crippen LogP contribution is 2.26. The van der Waals surface area contributed by atoms with Crippen LogP contribution in [0, 0.1) is 19.7 Å². The summed E-state index contributed by atoms with van der Waals surface area (Å²) in [7, 11) is 1.39. The van der Waals surface area contributed by atoms with Crippen LogP contribution in [0.1, 0.15) is 21.5 Å². The van der Waals surface area contributed by atoms with Gasteiger partial charge in [-0.05, 0) is 25.5 Å². The molecule has 13 heavy (non-hydrogen) atoms. The molecule has 0 spiro atoms. The third-order valence-electron chi connectivity index (χ3n) is 2.02. The number of carbonyl (C=O) groups is 1. The van der Waals surface area contributed by atoms with Gasteiger partial charge in [0.05, 0.1) is 7.11 Å². The lowest BCUT2D eigenvalue weighted by Crippen LogP contribution is -1.98. The van der Waals surface area contributed by atoms with Crippen molar-refractivity contribution in [3.05, 3.63) is 28.6 Å². The fraction of sp³-hybridized carbons (Fsp3) is 0.300. The molecule has 0 aromatic heterocycles. The van der Waals surface area contributed by atoms with Crippen molar-refractivity contribution in [3.63, 3.8) is 0 Å². The van der Waals surface area contributed by atoms with Gasteiger partial charge >= 0.3 is 0 Å². The molecule has 0 amide bonds. The Bertz CT molecular complexity index is 345. The largest absolute Gasteiger partial charge is 0.493 e. The van der Waals surface area contributed by atoms with E-state index in [1.54, 1.807) is 13.8 Å². The van der Waals surface area contributed by atoms with E-state index >= 15 is 0 Å². The molecule has 0 aliphatic heterocycles. The van der Waals surface area contributed by atoms with Crippen LogP contribution in [0.4, 0.5) is 4.39 Å². The number of methoxy groups -OCH3 is 1. The second kappa shape index (κ2) is 3.56. The lowest BCUT2D eigenvalue weighted by atomic mass is 10.0. The van der Waals surface area contributed by atoms with Gasteiger partial charge < -0.3 is 4.74 Å². The second-order valence-electron chi connectivity index (χ2n) is 2.87. The minimum absolute atomic E-state index is 0.155. The summed E-state index contributed by atoms with van der Waals surface area (Å²) in [4.78, 5) is 10.6. The van der Waals surface area contributed by atoms with Crippen LogP contribution < -0.4 is 4.74 Å². The van der Waals surface area contributed by atoms with Crippen LogP contribution in [-0.2, 0) is 0 Å². The number of hydrogen-bond acceptors (Lipinski definition) is 2. The van der Waals surface area contributed by atoms with Crippen molar-refractivity contribution >= 4 is 6.29 Å². The summed E-state index contributed by atoms with van der Waals surface area (Å²) in [5.41, 5.74) is 1.43. The minimum Gasteiger partial charge on any atom is -0.493 e. The molecule has 70 valence electrons. The summed E-state index contributed by atoms with van der Waals surface area (Å²) in [6.07, 6.45) is 0.699. The van der Waals surface area contributed by atoms with Gasteiger partial charge in [0, 0.05) is 11.1 Å². The molecule has 3 heteroatoms. The van der Waals surface area contributed by atoms with Crippen molar-refractivity contribution in [2.75, 3.05) is 7.11 Å². The maximum atomic E-state index is 13.3. The van der Waals surface area contributed by atoms with Crippen LogP contribution in [0.3, 0.4) is 0 Å². The number of benzene rings is 1. The smallest absolute Gasteiger partial charge is 0.168 e. The van der Waals surface area contributed by atoms with Gasteiger partial charge in [-0.3, -0.25) is 4.79 Å². The molecule has 1 aromatic rings. The van der Waals surface area contributed by atoms with E-state index in [1.807, 2.05) is 0 Å². The molecule has 1 rings (SSSR count). The molecule has 0 atom stereocenters. The topological polar surface area (TPSA) is 26.3 Å². The molecule has 0 radical (unpaired) electrons. The van der Waals surface area contributed by atoms with E-state index in [2.05, 4.69) is 0 Å². The number of aldehydes is 1. The van der Waals surface area contributed by atoms with Crippen molar-refractivity contribution < 1.29 is 13.9 Å². The first-order valence-electron chi connectivity index (χ1n) is 3.90. The molecule has 0 fully saturated rings. The summed E-state index contributed by atoms with van der Waals surface area (Å²) >= 11 is 0. The van der Waals surface area contributed by atoms with Crippen molar-refractivity contribution in [1.82, 2.24) is 0 Å².